The topological polar surface area (TPSA) is 27.0 Å². The summed E-state index contributed by atoms with van der Waals surface area (Å²) in [6, 6.07) is 9.54. The van der Waals surface area contributed by atoms with E-state index in [0.717, 1.165) is 28.1 Å². The van der Waals surface area contributed by atoms with Gasteiger partial charge in [-0.2, -0.15) is 5.26 Å². The lowest BCUT2D eigenvalue weighted by Crippen LogP contribution is -2.17. The molecular weight excluding hydrogens is 352 g/mol. The zero-order valence-corrected chi connectivity index (χ0v) is 18.3. The summed E-state index contributed by atoms with van der Waals surface area (Å²) in [6.07, 6.45) is 10.2. The average Bonchev–Trinajstić information content (AvgIpc) is 2.67. The molecule has 29 heavy (non-hydrogen) atoms. The normalized spacial score (nSPS) is 11.1. The van der Waals surface area contributed by atoms with E-state index < -0.39 is 0 Å². The Bertz CT molecular complexity index is 794. The molecule has 1 rings (SSSR count). The highest BCUT2D eigenvalue weighted by atomic mass is 15.1. The maximum atomic E-state index is 8.38. The lowest BCUT2D eigenvalue weighted by atomic mass is 10.0. The highest BCUT2D eigenvalue weighted by Gasteiger charge is 2.13. The lowest BCUT2D eigenvalue weighted by molar-refractivity contribution is 0.595. The second-order valence-electron chi connectivity index (χ2n) is 6.80. The second kappa shape index (κ2) is 14.9. The van der Waals surface area contributed by atoms with Crippen LogP contribution in [0.15, 0.2) is 97.0 Å². The molecule has 0 aliphatic rings. The van der Waals surface area contributed by atoms with Gasteiger partial charge in [0.05, 0.1) is 11.6 Å². The van der Waals surface area contributed by atoms with Crippen molar-refractivity contribution in [3.63, 3.8) is 0 Å². The molecule has 156 valence electrons. The third-order valence-electron chi connectivity index (χ3n) is 3.82. The van der Waals surface area contributed by atoms with E-state index in [1.807, 2.05) is 70.3 Å². The molecule has 0 fully saturated rings. The van der Waals surface area contributed by atoms with E-state index >= 15 is 0 Å². The van der Waals surface area contributed by atoms with Gasteiger partial charge in [0.25, 0.3) is 0 Å². The number of hydrogen-bond acceptors (Lipinski definition) is 2. The molecule has 2 heteroatoms. The van der Waals surface area contributed by atoms with Gasteiger partial charge < -0.3 is 4.90 Å². The second-order valence-corrected chi connectivity index (χ2v) is 6.80. The van der Waals surface area contributed by atoms with Crippen LogP contribution in [-0.4, -0.2) is 4.90 Å². The number of hydrogen-bond donors (Lipinski definition) is 0. The molecule has 0 aliphatic carbocycles. The summed E-state index contributed by atoms with van der Waals surface area (Å²) in [5.74, 6) is 0.466. The fourth-order valence-electron chi connectivity index (χ4n) is 2.36. The summed E-state index contributed by atoms with van der Waals surface area (Å²) in [4.78, 5) is 2.05. The minimum Gasteiger partial charge on any atom is -0.318 e. The van der Waals surface area contributed by atoms with Crippen molar-refractivity contribution in [2.24, 2.45) is 5.92 Å². The smallest absolute Gasteiger partial charge is 0.0991 e. The summed E-state index contributed by atoms with van der Waals surface area (Å²) in [6.45, 7) is 24.3. The SMILES string of the molecule is C.C=CC(=C\C(C)C)/C(=C/C)N(/C=C\C)C(=C)C(=C)C.Cc1ccc(C#N)cc1. The molecule has 0 aliphatic heterocycles. The number of allylic oxidation sites excluding steroid dienone is 5. The predicted octanol–water partition coefficient (Wildman–Crippen LogP) is 8.09. The predicted molar refractivity (Wildman–Crippen MR) is 130 cm³/mol. The molecule has 0 amide bonds. The largest absolute Gasteiger partial charge is 0.318 e. The molecule has 0 bridgehead atoms. The molecule has 0 saturated heterocycles. The van der Waals surface area contributed by atoms with Gasteiger partial charge in [0, 0.05) is 17.6 Å². The van der Waals surface area contributed by atoms with Crippen molar-refractivity contribution in [1.29, 1.82) is 5.26 Å². The minimum absolute atomic E-state index is 0. The van der Waals surface area contributed by atoms with Gasteiger partial charge in [0.2, 0.25) is 0 Å². The Morgan fingerprint density at radius 1 is 1.14 bits per heavy atom. The minimum atomic E-state index is 0. The van der Waals surface area contributed by atoms with E-state index in [2.05, 4.69) is 56.7 Å². The molecule has 0 saturated carbocycles. The van der Waals surface area contributed by atoms with Crippen molar-refractivity contribution < 1.29 is 0 Å². The molecule has 2 nitrogen and oxygen atoms in total. The number of rotatable bonds is 7. The maximum absolute atomic E-state index is 8.38. The molecule has 0 heterocycles. The first-order chi connectivity index (χ1) is 13.2. The van der Waals surface area contributed by atoms with Gasteiger partial charge in [-0.3, -0.25) is 0 Å². The molecule has 0 N–H and O–H groups in total. The molecule has 1 aromatic carbocycles. The van der Waals surface area contributed by atoms with Crippen LogP contribution < -0.4 is 0 Å². The van der Waals surface area contributed by atoms with Crippen molar-refractivity contribution in [1.82, 2.24) is 4.90 Å². The Morgan fingerprint density at radius 3 is 2.03 bits per heavy atom. The van der Waals surface area contributed by atoms with Crippen molar-refractivity contribution >= 4 is 0 Å². The standard InChI is InChI=1S/C18H27N.C8H7N.CH4/c1-9-12-19(16(8)15(6)7)18(11-3)17(10-2)13-14(4)5;1-7-2-4-8(6-9)5-3-7;/h9-14H,2,6,8H2,1,3-5,7H3;2-5H,1H3;1H4/b12-9-,17-13+,18-11-;;. The van der Waals surface area contributed by atoms with E-state index in [4.69, 9.17) is 5.26 Å². The first-order valence-corrected chi connectivity index (χ1v) is 9.46. The highest BCUT2D eigenvalue weighted by molar-refractivity contribution is 5.43. The van der Waals surface area contributed by atoms with Crippen LogP contribution in [0.2, 0.25) is 0 Å². The monoisotopic (exact) mass is 390 g/mol. The van der Waals surface area contributed by atoms with E-state index in [-0.39, 0.29) is 7.43 Å². The van der Waals surface area contributed by atoms with Crippen LogP contribution >= 0.6 is 0 Å². The number of benzene rings is 1. The van der Waals surface area contributed by atoms with E-state index in [1.54, 1.807) is 0 Å². The van der Waals surface area contributed by atoms with E-state index in [0.29, 0.717) is 5.92 Å². The third-order valence-corrected chi connectivity index (χ3v) is 3.82. The summed E-state index contributed by atoms with van der Waals surface area (Å²) >= 11 is 0. The van der Waals surface area contributed by atoms with Gasteiger partial charge in [-0.15, -0.1) is 0 Å². The molecule has 0 radical (unpaired) electrons. The van der Waals surface area contributed by atoms with Crippen molar-refractivity contribution in [2.75, 3.05) is 0 Å². The average molecular weight is 391 g/mol. The first-order valence-electron chi connectivity index (χ1n) is 9.46. The van der Waals surface area contributed by atoms with Gasteiger partial charge in [-0.1, -0.05) is 83.0 Å². The molecule has 0 atom stereocenters. The van der Waals surface area contributed by atoms with Crippen LogP contribution in [0, 0.1) is 24.2 Å². The zero-order valence-electron chi connectivity index (χ0n) is 18.3. The molecule has 0 spiro atoms. The Morgan fingerprint density at radius 2 is 1.69 bits per heavy atom. The van der Waals surface area contributed by atoms with Gasteiger partial charge in [0.1, 0.15) is 0 Å². The van der Waals surface area contributed by atoms with Crippen LogP contribution in [0.25, 0.3) is 0 Å². The zero-order chi connectivity index (χ0) is 21.7. The van der Waals surface area contributed by atoms with Crippen LogP contribution in [-0.2, 0) is 0 Å². The fourth-order valence-corrected chi connectivity index (χ4v) is 2.36. The maximum Gasteiger partial charge on any atom is 0.0991 e. The van der Waals surface area contributed by atoms with Crippen LogP contribution in [0.5, 0.6) is 0 Å². The van der Waals surface area contributed by atoms with Crippen LogP contribution in [0.1, 0.15) is 53.2 Å². The fraction of sp³-hybridized carbons (Fsp3) is 0.296. The molecular formula is C27H38N2. The summed E-state index contributed by atoms with van der Waals surface area (Å²) in [5.41, 5.74) is 5.94. The van der Waals surface area contributed by atoms with E-state index in [1.165, 1.54) is 5.56 Å². The van der Waals surface area contributed by atoms with Gasteiger partial charge in [0.15, 0.2) is 0 Å². The first kappa shape index (κ1) is 28.2. The van der Waals surface area contributed by atoms with Crippen LogP contribution in [0.3, 0.4) is 0 Å². The van der Waals surface area contributed by atoms with Crippen LogP contribution in [0.4, 0.5) is 0 Å². The quantitative estimate of drug-likeness (QED) is 0.440. The van der Waals surface area contributed by atoms with Crippen molar-refractivity contribution in [3.8, 4) is 6.07 Å². The Kier molecular flexibility index (Phi) is 14.5. The lowest BCUT2D eigenvalue weighted by Gasteiger charge is -2.27. The molecule has 0 aromatic heterocycles. The third kappa shape index (κ3) is 10.2. The van der Waals surface area contributed by atoms with Crippen molar-refractivity contribution in [3.05, 3.63) is 108 Å². The van der Waals surface area contributed by atoms with Gasteiger partial charge in [-0.05, 0) is 56.9 Å². The Balaban J connectivity index is 0. The summed E-state index contributed by atoms with van der Waals surface area (Å²) in [5, 5.41) is 8.38. The van der Waals surface area contributed by atoms with Crippen molar-refractivity contribution in [2.45, 2.75) is 49.0 Å². The number of nitrogens with zero attached hydrogens (tertiary/aromatic N) is 2. The Labute approximate surface area is 179 Å². The highest BCUT2D eigenvalue weighted by Crippen LogP contribution is 2.25. The summed E-state index contributed by atoms with van der Waals surface area (Å²) in [7, 11) is 0. The summed E-state index contributed by atoms with van der Waals surface area (Å²) < 4.78 is 0. The molecule has 1 aromatic rings. The Hall–Kier alpha value is -3.05. The van der Waals surface area contributed by atoms with Gasteiger partial charge in [-0.25, -0.2) is 0 Å². The number of aryl methyl sites for hydroxylation is 1. The number of nitriles is 1. The van der Waals surface area contributed by atoms with Gasteiger partial charge >= 0.3 is 0 Å². The van der Waals surface area contributed by atoms with E-state index in [9.17, 15) is 0 Å². The molecule has 0 unspecified atom stereocenters.